The number of carbonyl (C=O) groups is 2. The first kappa shape index (κ1) is 18.9. The summed E-state index contributed by atoms with van der Waals surface area (Å²) in [6, 6.07) is 3.55. The summed E-state index contributed by atoms with van der Waals surface area (Å²) in [6.45, 7) is 4.41. The first-order chi connectivity index (χ1) is 13.0. The van der Waals surface area contributed by atoms with Crippen LogP contribution in [0.4, 0.5) is 10.6 Å². The highest BCUT2D eigenvalue weighted by Crippen LogP contribution is 2.35. The van der Waals surface area contributed by atoms with Crippen molar-refractivity contribution in [1.82, 2.24) is 20.7 Å². The van der Waals surface area contributed by atoms with Gasteiger partial charge in [-0.1, -0.05) is 12.1 Å². The minimum Gasteiger partial charge on any atom is -0.446 e. The van der Waals surface area contributed by atoms with Crippen molar-refractivity contribution in [3.05, 3.63) is 29.3 Å². The van der Waals surface area contributed by atoms with Crippen LogP contribution in [-0.2, 0) is 16.0 Å². The molecule has 1 aliphatic carbocycles. The number of aromatic nitrogens is 3. The molecule has 2 heterocycles. The number of amides is 2. The number of hydrogen-bond donors (Lipinski definition) is 3. The molecule has 3 N–H and O–H groups in total. The SMILES string of the molecule is CCCNC(=O)O[C@@H]1CC[C@H](c2cc(NC(=O)Cc3cc(C)no3)n[nH]2)C1. The van der Waals surface area contributed by atoms with Gasteiger partial charge in [-0.05, 0) is 32.6 Å². The summed E-state index contributed by atoms with van der Waals surface area (Å²) in [4.78, 5) is 23.7. The van der Waals surface area contributed by atoms with Crippen LogP contribution in [0.2, 0.25) is 0 Å². The van der Waals surface area contributed by atoms with Gasteiger partial charge in [0, 0.05) is 30.3 Å². The van der Waals surface area contributed by atoms with E-state index in [4.69, 9.17) is 9.26 Å². The van der Waals surface area contributed by atoms with Crippen molar-refractivity contribution < 1.29 is 18.8 Å². The van der Waals surface area contributed by atoms with Crippen molar-refractivity contribution in [1.29, 1.82) is 0 Å². The zero-order valence-electron chi connectivity index (χ0n) is 15.6. The van der Waals surface area contributed by atoms with Gasteiger partial charge in [-0.2, -0.15) is 5.10 Å². The van der Waals surface area contributed by atoms with Crippen molar-refractivity contribution in [3.63, 3.8) is 0 Å². The third-order valence-electron chi connectivity index (χ3n) is 4.49. The van der Waals surface area contributed by atoms with E-state index in [1.165, 1.54) is 0 Å². The smallest absolute Gasteiger partial charge is 0.407 e. The molecule has 0 aromatic carbocycles. The van der Waals surface area contributed by atoms with Gasteiger partial charge in [0.15, 0.2) is 5.82 Å². The molecule has 0 radical (unpaired) electrons. The van der Waals surface area contributed by atoms with Crippen LogP contribution in [0.5, 0.6) is 0 Å². The first-order valence-electron chi connectivity index (χ1n) is 9.25. The Morgan fingerprint density at radius 3 is 2.96 bits per heavy atom. The monoisotopic (exact) mass is 375 g/mol. The highest BCUT2D eigenvalue weighted by Gasteiger charge is 2.30. The molecule has 9 heteroatoms. The molecule has 2 amide bonds. The number of aromatic amines is 1. The molecule has 9 nitrogen and oxygen atoms in total. The summed E-state index contributed by atoms with van der Waals surface area (Å²) in [5.74, 6) is 0.989. The van der Waals surface area contributed by atoms with Crippen LogP contribution in [-0.4, -0.2) is 40.0 Å². The molecule has 1 aliphatic rings. The summed E-state index contributed by atoms with van der Waals surface area (Å²) < 4.78 is 10.5. The third-order valence-corrected chi connectivity index (χ3v) is 4.49. The zero-order valence-corrected chi connectivity index (χ0v) is 15.6. The van der Waals surface area contributed by atoms with Gasteiger partial charge >= 0.3 is 6.09 Å². The molecule has 146 valence electrons. The van der Waals surface area contributed by atoms with Gasteiger partial charge in [0.05, 0.1) is 12.1 Å². The molecule has 0 unspecified atom stereocenters. The maximum atomic E-state index is 12.1. The minimum absolute atomic E-state index is 0.0945. The van der Waals surface area contributed by atoms with Crippen LogP contribution in [0.1, 0.15) is 55.7 Å². The molecule has 2 aromatic rings. The average molecular weight is 375 g/mol. The molecule has 0 saturated heterocycles. The fourth-order valence-corrected chi connectivity index (χ4v) is 3.20. The number of H-pyrrole nitrogens is 1. The lowest BCUT2D eigenvalue weighted by atomic mass is 10.0. The van der Waals surface area contributed by atoms with Crippen molar-refractivity contribution in [3.8, 4) is 0 Å². The summed E-state index contributed by atoms with van der Waals surface area (Å²) in [5.41, 5.74) is 1.67. The maximum Gasteiger partial charge on any atom is 0.407 e. The van der Waals surface area contributed by atoms with E-state index in [0.717, 1.165) is 37.1 Å². The lowest BCUT2D eigenvalue weighted by Gasteiger charge is -2.12. The Bertz CT molecular complexity index is 784. The lowest BCUT2D eigenvalue weighted by Crippen LogP contribution is -2.28. The number of alkyl carbamates (subject to hydrolysis) is 1. The maximum absolute atomic E-state index is 12.1. The molecule has 2 atom stereocenters. The normalized spacial score (nSPS) is 19.0. The Morgan fingerprint density at radius 1 is 1.37 bits per heavy atom. The topological polar surface area (TPSA) is 122 Å². The molecule has 1 fully saturated rings. The molecular formula is C18H25N5O4. The van der Waals surface area contributed by atoms with E-state index in [2.05, 4.69) is 26.0 Å². The second kappa shape index (κ2) is 8.70. The highest BCUT2D eigenvalue weighted by molar-refractivity contribution is 5.91. The minimum atomic E-state index is -0.359. The Balaban J connectivity index is 1.47. The quantitative estimate of drug-likeness (QED) is 0.684. The zero-order chi connectivity index (χ0) is 19.2. The number of carbonyl (C=O) groups excluding carboxylic acids is 2. The fourth-order valence-electron chi connectivity index (χ4n) is 3.20. The van der Waals surface area contributed by atoms with E-state index in [-0.39, 0.29) is 30.4 Å². The van der Waals surface area contributed by atoms with Crippen molar-refractivity contribution in [2.75, 3.05) is 11.9 Å². The average Bonchev–Trinajstić information content (AvgIpc) is 3.35. The molecule has 0 aliphatic heterocycles. The fraction of sp³-hybridized carbons (Fsp3) is 0.556. The van der Waals surface area contributed by atoms with Crippen molar-refractivity contribution >= 4 is 17.8 Å². The van der Waals surface area contributed by atoms with E-state index < -0.39 is 0 Å². The number of hydrogen-bond acceptors (Lipinski definition) is 6. The Kier molecular flexibility index (Phi) is 6.10. The number of nitrogens with one attached hydrogen (secondary N) is 3. The van der Waals surface area contributed by atoms with Crippen LogP contribution in [0.15, 0.2) is 16.7 Å². The predicted molar refractivity (Wildman–Crippen MR) is 97.3 cm³/mol. The van der Waals surface area contributed by atoms with Gasteiger partial charge in [0.25, 0.3) is 0 Å². The van der Waals surface area contributed by atoms with E-state index in [0.29, 0.717) is 18.1 Å². The summed E-state index contributed by atoms with van der Waals surface area (Å²) in [5, 5.41) is 16.3. The number of ether oxygens (including phenoxy) is 1. The molecule has 27 heavy (non-hydrogen) atoms. The number of anilines is 1. The standard InChI is InChI=1S/C18H25N5O4/c1-3-6-19-18(25)26-13-5-4-12(8-13)15-10-16(22-21-15)20-17(24)9-14-7-11(2)23-27-14/h7,10,12-13H,3-6,8-9H2,1-2H3,(H,19,25)(H2,20,21,22,24)/t12-,13+/m0/s1. The van der Waals surface area contributed by atoms with Gasteiger partial charge in [-0.15, -0.1) is 0 Å². The highest BCUT2D eigenvalue weighted by atomic mass is 16.6. The molecular weight excluding hydrogens is 350 g/mol. The van der Waals surface area contributed by atoms with E-state index >= 15 is 0 Å². The second-order valence-corrected chi connectivity index (χ2v) is 6.83. The van der Waals surface area contributed by atoms with Gasteiger partial charge in [0.2, 0.25) is 5.91 Å². The second-order valence-electron chi connectivity index (χ2n) is 6.83. The van der Waals surface area contributed by atoms with Gasteiger partial charge in [0.1, 0.15) is 11.9 Å². The van der Waals surface area contributed by atoms with Crippen molar-refractivity contribution in [2.24, 2.45) is 0 Å². The lowest BCUT2D eigenvalue weighted by molar-refractivity contribution is -0.115. The first-order valence-corrected chi connectivity index (χ1v) is 9.25. The van der Waals surface area contributed by atoms with Crippen molar-refractivity contribution in [2.45, 2.75) is 58.0 Å². The molecule has 2 aromatic heterocycles. The molecule has 3 rings (SSSR count). The van der Waals surface area contributed by atoms with Crippen LogP contribution in [0.3, 0.4) is 0 Å². The van der Waals surface area contributed by atoms with E-state index in [9.17, 15) is 9.59 Å². The molecule has 0 spiro atoms. The number of rotatable bonds is 7. The summed E-state index contributed by atoms with van der Waals surface area (Å²) in [7, 11) is 0. The van der Waals surface area contributed by atoms with E-state index in [1.54, 1.807) is 13.0 Å². The van der Waals surface area contributed by atoms with Crippen LogP contribution < -0.4 is 10.6 Å². The van der Waals surface area contributed by atoms with Gasteiger partial charge in [-0.25, -0.2) is 4.79 Å². The third kappa shape index (κ3) is 5.32. The van der Waals surface area contributed by atoms with Crippen LogP contribution >= 0.6 is 0 Å². The largest absolute Gasteiger partial charge is 0.446 e. The Labute approximate surface area is 157 Å². The summed E-state index contributed by atoms with van der Waals surface area (Å²) >= 11 is 0. The predicted octanol–water partition coefficient (Wildman–Crippen LogP) is 2.66. The summed E-state index contributed by atoms with van der Waals surface area (Å²) in [6.07, 6.45) is 2.99. The molecule has 1 saturated carbocycles. The Hall–Kier alpha value is -2.84. The Morgan fingerprint density at radius 2 is 2.22 bits per heavy atom. The number of nitrogens with zero attached hydrogens (tertiary/aromatic N) is 2. The van der Waals surface area contributed by atoms with Gasteiger partial charge < -0.3 is 19.9 Å². The van der Waals surface area contributed by atoms with Crippen LogP contribution in [0.25, 0.3) is 0 Å². The van der Waals surface area contributed by atoms with Crippen LogP contribution in [0, 0.1) is 6.92 Å². The number of aryl methyl sites for hydroxylation is 1. The molecule has 0 bridgehead atoms. The van der Waals surface area contributed by atoms with Gasteiger partial charge in [-0.3, -0.25) is 9.89 Å². The van der Waals surface area contributed by atoms with E-state index in [1.807, 2.05) is 13.0 Å².